The van der Waals surface area contributed by atoms with E-state index >= 15 is 0 Å². The Hall–Kier alpha value is 0.210. The first-order chi connectivity index (χ1) is 6.02. The van der Waals surface area contributed by atoms with Gasteiger partial charge < -0.3 is 9.79 Å². The first-order valence-corrected chi connectivity index (χ1v) is 5.39. The molecule has 0 spiro atoms. The van der Waals surface area contributed by atoms with E-state index in [1.165, 1.54) is 0 Å². The Morgan fingerprint density at radius 2 is 1.93 bits per heavy atom. The zero-order valence-corrected chi connectivity index (χ0v) is 9.03. The van der Waals surface area contributed by atoms with Crippen molar-refractivity contribution in [2.24, 2.45) is 0 Å². The topological polar surface area (TPSA) is 40.5 Å². The van der Waals surface area contributed by atoms with Crippen LogP contribution in [0.2, 0.25) is 0 Å². The summed E-state index contributed by atoms with van der Waals surface area (Å²) in [5, 5.41) is 0.521. The molecule has 5 heteroatoms. The summed E-state index contributed by atoms with van der Waals surface area (Å²) in [6.45, 7) is 1.93. The van der Waals surface area contributed by atoms with E-state index in [9.17, 15) is 4.57 Å². The van der Waals surface area contributed by atoms with Crippen LogP contribution in [0.25, 0.3) is 0 Å². The van der Waals surface area contributed by atoms with Gasteiger partial charge in [0.15, 0.2) is 0 Å². The van der Waals surface area contributed by atoms with Crippen LogP contribution in [0.3, 0.4) is 0 Å². The van der Waals surface area contributed by atoms with Crippen LogP contribution < -0.4 is 10.2 Å². The van der Waals surface area contributed by atoms with Crippen molar-refractivity contribution in [1.82, 2.24) is 0 Å². The quantitative estimate of drug-likeness (QED) is 0.586. The van der Waals surface area contributed by atoms with Gasteiger partial charge >= 0.3 is 29.6 Å². The fraction of sp³-hybridized carbons (Fsp3) is 0.333. The van der Waals surface area contributed by atoms with Crippen LogP contribution in [0.15, 0.2) is 18.2 Å². The van der Waals surface area contributed by atoms with Crippen molar-refractivity contribution >= 4 is 48.6 Å². The van der Waals surface area contributed by atoms with E-state index in [1.54, 1.807) is 12.1 Å². The molecule has 14 heavy (non-hydrogen) atoms. The fourth-order valence-corrected chi connectivity index (χ4v) is 1.86. The van der Waals surface area contributed by atoms with Crippen molar-refractivity contribution in [2.45, 2.75) is 6.92 Å². The summed E-state index contributed by atoms with van der Waals surface area (Å²) in [7, 11) is 1.35. The van der Waals surface area contributed by atoms with Gasteiger partial charge in [0.2, 0.25) is 8.03 Å². The number of hydrogen-bond donors (Lipinski definition) is 1. The van der Waals surface area contributed by atoms with Gasteiger partial charge in [0, 0.05) is 25.1 Å². The number of nitrogens with zero attached hydrogens (tertiary/aromatic N) is 1. The van der Waals surface area contributed by atoms with Crippen molar-refractivity contribution < 1.29 is 9.46 Å². The van der Waals surface area contributed by atoms with Gasteiger partial charge in [-0.1, -0.05) is 0 Å². The van der Waals surface area contributed by atoms with E-state index in [0.29, 0.717) is 5.30 Å². The summed E-state index contributed by atoms with van der Waals surface area (Å²) >= 11 is 0. The van der Waals surface area contributed by atoms with E-state index in [4.69, 9.17) is 4.89 Å². The van der Waals surface area contributed by atoms with Crippen LogP contribution in [0.4, 0.5) is 5.69 Å². The van der Waals surface area contributed by atoms with Gasteiger partial charge in [0.05, 0.1) is 0 Å². The summed E-state index contributed by atoms with van der Waals surface area (Å²) in [6.07, 6.45) is 0. The minimum atomic E-state index is -2.54. The molecule has 1 atom stereocenters. The van der Waals surface area contributed by atoms with Crippen molar-refractivity contribution in [3.8, 4) is 0 Å². The zero-order valence-electron chi connectivity index (χ0n) is 8.03. The van der Waals surface area contributed by atoms with Crippen LogP contribution in [0, 0.1) is 6.92 Å². The molecule has 0 aliphatic rings. The molecule has 0 amide bonds. The molecule has 1 aromatic rings. The second-order valence-corrected chi connectivity index (χ2v) is 4.39. The molecule has 0 aliphatic heterocycles. The molecular weight excluding hydrogens is 208 g/mol. The summed E-state index contributed by atoms with van der Waals surface area (Å²) in [6, 6.07) is 5.32. The summed E-state index contributed by atoms with van der Waals surface area (Å²) in [5.41, 5.74) is 2.10. The fourth-order valence-electron chi connectivity index (χ4n) is 1.29. The Morgan fingerprint density at radius 3 is 2.29 bits per heavy atom. The average Bonchev–Trinajstić information content (AvgIpc) is 2.03. The van der Waals surface area contributed by atoms with E-state index in [1.807, 2.05) is 32.0 Å². The summed E-state index contributed by atoms with van der Waals surface area (Å²) in [5.74, 6) is 0. The van der Waals surface area contributed by atoms with Crippen LogP contribution in [0.5, 0.6) is 0 Å². The average molecular weight is 223 g/mol. The van der Waals surface area contributed by atoms with Gasteiger partial charge in [0.1, 0.15) is 0 Å². The number of rotatable bonds is 2. The number of aryl methyl sites for hydroxylation is 1. The standard InChI is InChI=1S/C9H14NO2P.Na.H/c1-7-6-8(13(11)12)4-5-9(7)10(2)3;;/h4-6,13H,1-3H3,(H,11,12);;. The van der Waals surface area contributed by atoms with Gasteiger partial charge in [-0.2, -0.15) is 0 Å². The number of anilines is 1. The first kappa shape index (κ1) is 14.2. The molecule has 1 aromatic carbocycles. The Morgan fingerprint density at radius 1 is 1.36 bits per heavy atom. The molecule has 3 nitrogen and oxygen atoms in total. The third-order valence-electron chi connectivity index (χ3n) is 1.93. The monoisotopic (exact) mass is 223 g/mol. The van der Waals surface area contributed by atoms with E-state index in [0.717, 1.165) is 11.3 Å². The van der Waals surface area contributed by atoms with E-state index in [-0.39, 0.29) is 29.6 Å². The number of hydrogen-bond acceptors (Lipinski definition) is 2. The Balaban J connectivity index is 0.00000169. The van der Waals surface area contributed by atoms with Crippen LogP contribution >= 0.6 is 8.03 Å². The molecule has 0 bridgehead atoms. The Bertz CT molecular complexity index is 342. The third kappa shape index (κ3) is 3.41. The minimum absolute atomic E-state index is 0. The van der Waals surface area contributed by atoms with Crippen LogP contribution in [0.1, 0.15) is 5.56 Å². The van der Waals surface area contributed by atoms with Gasteiger partial charge in [0.25, 0.3) is 0 Å². The molecule has 0 aromatic heterocycles. The van der Waals surface area contributed by atoms with Crippen molar-refractivity contribution in [1.29, 1.82) is 0 Å². The maximum atomic E-state index is 10.8. The first-order valence-electron chi connectivity index (χ1n) is 4.03. The molecule has 0 aliphatic carbocycles. The molecule has 1 rings (SSSR count). The number of benzene rings is 1. The molecule has 0 saturated carbocycles. The molecule has 1 unspecified atom stereocenters. The van der Waals surface area contributed by atoms with E-state index in [2.05, 4.69) is 0 Å². The van der Waals surface area contributed by atoms with E-state index < -0.39 is 8.03 Å². The maximum absolute atomic E-state index is 10.8. The SMILES string of the molecule is Cc1cc([PH](=O)O)ccc1N(C)C.[NaH]. The van der Waals surface area contributed by atoms with Crippen molar-refractivity contribution in [3.63, 3.8) is 0 Å². The zero-order chi connectivity index (χ0) is 10.0. The van der Waals surface area contributed by atoms with Crippen LogP contribution in [-0.2, 0) is 4.57 Å². The molecular formula is C9H15NNaO2P. The molecule has 0 radical (unpaired) electrons. The Labute approximate surface area is 107 Å². The second kappa shape index (κ2) is 5.94. The van der Waals surface area contributed by atoms with Gasteiger partial charge in [-0.25, -0.2) is 0 Å². The van der Waals surface area contributed by atoms with Crippen molar-refractivity contribution in [2.75, 3.05) is 19.0 Å². The molecule has 0 fully saturated rings. The third-order valence-corrected chi connectivity index (χ3v) is 2.73. The van der Waals surface area contributed by atoms with Gasteiger partial charge in [-0.05, 0) is 30.7 Å². The molecule has 0 heterocycles. The Kier molecular flexibility index (Phi) is 6.03. The van der Waals surface area contributed by atoms with Crippen molar-refractivity contribution in [3.05, 3.63) is 23.8 Å². The molecule has 74 valence electrons. The molecule has 0 saturated heterocycles. The predicted octanol–water partition coefficient (Wildman–Crippen LogP) is 0.505. The second-order valence-electron chi connectivity index (χ2n) is 3.20. The predicted molar refractivity (Wildman–Crippen MR) is 63.5 cm³/mol. The summed E-state index contributed by atoms with van der Waals surface area (Å²) in [4.78, 5) is 10.9. The molecule has 1 N–H and O–H groups in total. The summed E-state index contributed by atoms with van der Waals surface area (Å²) < 4.78 is 10.8. The van der Waals surface area contributed by atoms with Gasteiger partial charge in [-0.15, -0.1) is 0 Å². The van der Waals surface area contributed by atoms with Crippen LogP contribution in [-0.4, -0.2) is 48.5 Å². The van der Waals surface area contributed by atoms with Gasteiger partial charge in [-0.3, -0.25) is 4.57 Å². The normalized spacial score (nSPS) is 11.7.